The van der Waals surface area contributed by atoms with E-state index in [0.29, 0.717) is 5.92 Å². The summed E-state index contributed by atoms with van der Waals surface area (Å²) in [4.78, 5) is 0. The molecule has 1 fully saturated rings. The lowest BCUT2D eigenvalue weighted by Crippen LogP contribution is -2.36. The van der Waals surface area contributed by atoms with Crippen LogP contribution in [0.15, 0.2) is 18.2 Å². The van der Waals surface area contributed by atoms with E-state index in [1.165, 1.54) is 30.4 Å². The fourth-order valence-corrected chi connectivity index (χ4v) is 3.49. The Morgan fingerprint density at radius 3 is 2.55 bits per heavy atom. The van der Waals surface area contributed by atoms with E-state index in [-0.39, 0.29) is 6.04 Å². The van der Waals surface area contributed by atoms with Crippen molar-refractivity contribution in [3.63, 3.8) is 0 Å². The first kappa shape index (κ1) is 15.3. The molecule has 0 amide bonds. The van der Waals surface area contributed by atoms with Gasteiger partial charge in [-0.15, -0.1) is 0 Å². The van der Waals surface area contributed by atoms with E-state index in [4.69, 9.17) is 10.6 Å². The average Bonchev–Trinajstić information content (AvgIpc) is 2.44. The van der Waals surface area contributed by atoms with E-state index in [9.17, 15) is 0 Å². The number of nitrogens with one attached hydrogen (secondary N) is 1. The van der Waals surface area contributed by atoms with E-state index in [1.807, 2.05) is 6.07 Å². The number of nitrogens with two attached hydrogens (primary N) is 1. The largest absolute Gasteiger partial charge is 0.496 e. The molecule has 0 bridgehead atoms. The van der Waals surface area contributed by atoms with Crippen molar-refractivity contribution in [2.75, 3.05) is 7.11 Å². The summed E-state index contributed by atoms with van der Waals surface area (Å²) in [5.41, 5.74) is 5.49. The van der Waals surface area contributed by atoms with Crippen molar-refractivity contribution >= 4 is 0 Å². The molecule has 3 heteroatoms. The second-order valence-corrected chi connectivity index (χ2v) is 6.40. The van der Waals surface area contributed by atoms with Gasteiger partial charge in [-0.2, -0.15) is 0 Å². The Hall–Kier alpha value is -1.06. The average molecular weight is 276 g/mol. The van der Waals surface area contributed by atoms with Crippen LogP contribution in [-0.4, -0.2) is 7.11 Å². The molecule has 4 atom stereocenters. The summed E-state index contributed by atoms with van der Waals surface area (Å²) in [6.45, 7) is 6.81. The maximum atomic E-state index is 5.86. The minimum atomic E-state index is 0.245. The monoisotopic (exact) mass is 276 g/mol. The van der Waals surface area contributed by atoms with Gasteiger partial charge in [0.2, 0.25) is 0 Å². The Morgan fingerprint density at radius 1 is 1.25 bits per heavy atom. The lowest BCUT2D eigenvalue weighted by atomic mass is 9.72. The van der Waals surface area contributed by atoms with Crippen molar-refractivity contribution in [3.8, 4) is 5.75 Å². The molecule has 0 aromatic heterocycles. The van der Waals surface area contributed by atoms with Gasteiger partial charge in [-0.25, -0.2) is 0 Å². The van der Waals surface area contributed by atoms with Gasteiger partial charge in [-0.3, -0.25) is 11.3 Å². The molecule has 0 heterocycles. The minimum Gasteiger partial charge on any atom is -0.496 e. The maximum Gasteiger partial charge on any atom is 0.121 e. The second kappa shape index (κ2) is 6.59. The summed E-state index contributed by atoms with van der Waals surface area (Å²) < 4.78 is 5.34. The number of benzene rings is 1. The SMILES string of the molecule is COc1ccc(C(NN)C2CCC(C)C(C)C2)cc1C. The van der Waals surface area contributed by atoms with Crippen LogP contribution in [-0.2, 0) is 0 Å². The minimum absolute atomic E-state index is 0.245. The standard InChI is InChI=1S/C17H28N2O/c1-11-5-6-14(9-12(11)2)17(19-18)15-7-8-16(20-4)13(3)10-15/h7-8,10-12,14,17,19H,5-6,9,18H2,1-4H3. The van der Waals surface area contributed by atoms with Gasteiger partial charge in [0.15, 0.2) is 0 Å². The number of aryl methyl sites for hydroxylation is 1. The Balaban J connectivity index is 2.17. The van der Waals surface area contributed by atoms with Crippen LogP contribution in [0, 0.1) is 24.7 Å². The van der Waals surface area contributed by atoms with Crippen LogP contribution < -0.4 is 16.0 Å². The van der Waals surface area contributed by atoms with Crippen LogP contribution in [0.5, 0.6) is 5.75 Å². The lowest BCUT2D eigenvalue weighted by Gasteiger charge is -2.36. The van der Waals surface area contributed by atoms with Gasteiger partial charge >= 0.3 is 0 Å². The van der Waals surface area contributed by atoms with Gasteiger partial charge in [0, 0.05) is 6.04 Å². The maximum absolute atomic E-state index is 5.86. The van der Waals surface area contributed by atoms with Gasteiger partial charge in [0.25, 0.3) is 0 Å². The molecule has 0 spiro atoms. The molecular weight excluding hydrogens is 248 g/mol. The number of methoxy groups -OCH3 is 1. The van der Waals surface area contributed by atoms with Crippen molar-refractivity contribution < 1.29 is 4.74 Å². The van der Waals surface area contributed by atoms with Crippen LogP contribution in [0.25, 0.3) is 0 Å². The highest BCUT2D eigenvalue weighted by atomic mass is 16.5. The van der Waals surface area contributed by atoms with Crippen molar-refractivity contribution in [2.45, 2.75) is 46.1 Å². The highest BCUT2D eigenvalue weighted by Crippen LogP contribution is 2.40. The van der Waals surface area contributed by atoms with Crippen LogP contribution in [0.4, 0.5) is 0 Å². The third-order valence-corrected chi connectivity index (χ3v) is 5.07. The predicted molar refractivity (Wildman–Crippen MR) is 83.5 cm³/mol. The number of hydrogen-bond acceptors (Lipinski definition) is 3. The van der Waals surface area contributed by atoms with Crippen molar-refractivity contribution in [1.82, 2.24) is 5.43 Å². The zero-order chi connectivity index (χ0) is 14.7. The van der Waals surface area contributed by atoms with Crippen molar-refractivity contribution in [1.29, 1.82) is 0 Å². The van der Waals surface area contributed by atoms with Crippen molar-refractivity contribution in [2.24, 2.45) is 23.6 Å². The molecule has 1 saturated carbocycles. The van der Waals surface area contributed by atoms with Gasteiger partial charge in [-0.1, -0.05) is 32.4 Å². The van der Waals surface area contributed by atoms with E-state index in [1.54, 1.807) is 7.11 Å². The highest BCUT2D eigenvalue weighted by Gasteiger charge is 2.30. The summed E-state index contributed by atoms with van der Waals surface area (Å²) in [7, 11) is 1.71. The van der Waals surface area contributed by atoms with E-state index in [0.717, 1.165) is 17.6 Å². The fourth-order valence-electron chi connectivity index (χ4n) is 3.49. The summed E-state index contributed by atoms with van der Waals surface area (Å²) >= 11 is 0. The molecule has 0 saturated heterocycles. The Kier molecular flexibility index (Phi) is 5.06. The summed E-state index contributed by atoms with van der Waals surface area (Å²) in [6, 6.07) is 6.63. The van der Waals surface area contributed by atoms with Gasteiger partial charge < -0.3 is 4.74 Å². The Morgan fingerprint density at radius 2 is 2.00 bits per heavy atom. The third kappa shape index (κ3) is 3.15. The lowest BCUT2D eigenvalue weighted by molar-refractivity contribution is 0.171. The first-order valence-electron chi connectivity index (χ1n) is 7.67. The summed E-state index contributed by atoms with van der Waals surface area (Å²) in [5, 5.41) is 0. The number of hydrazine groups is 1. The molecule has 1 aromatic carbocycles. The zero-order valence-electron chi connectivity index (χ0n) is 13.1. The Bertz CT molecular complexity index is 447. The van der Waals surface area contributed by atoms with Gasteiger partial charge in [-0.05, 0) is 54.7 Å². The summed E-state index contributed by atoms with van der Waals surface area (Å²) in [5.74, 6) is 9.04. The molecule has 112 valence electrons. The molecule has 20 heavy (non-hydrogen) atoms. The van der Waals surface area contributed by atoms with Crippen LogP contribution in [0.3, 0.4) is 0 Å². The van der Waals surface area contributed by atoms with Gasteiger partial charge in [0.05, 0.1) is 7.11 Å². The fraction of sp³-hybridized carbons (Fsp3) is 0.647. The van der Waals surface area contributed by atoms with Gasteiger partial charge in [0.1, 0.15) is 5.75 Å². The van der Waals surface area contributed by atoms with Crippen LogP contribution in [0.1, 0.15) is 50.3 Å². The molecular formula is C17H28N2O. The quantitative estimate of drug-likeness (QED) is 0.652. The molecule has 1 aliphatic carbocycles. The topological polar surface area (TPSA) is 47.3 Å². The first-order chi connectivity index (χ1) is 9.56. The van der Waals surface area contributed by atoms with Crippen LogP contribution in [0.2, 0.25) is 0 Å². The molecule has 1 aromatic rings. The van der Waals surface area contributed by atoms with Crippen molar-refractivity contribution in [3.05, 3.63) is 29.3 Å². The highest BCUT2D eigenvalue weighted by molar-refractivity contribution is 5.37. The number of hydrogen-bond donors (Lipinski definition) is 2. The molecule has 4 unspecified atom stereocenters. The smallest absolute Gasteiger partial charge is 0.121 e. The molecule has 2 rings (SSSR count). The van der Waals surface area contributed by atoms with E-state index in [2.05, 4.69) is 38.3 Å². The molecule has 3 nitrogen and oxygen atoms in total. The third-order valence-electron chi connectivity index (χ3n) is 5.07. The summed E-state index contributed by atoms with van der Waals surface area (Å²) in [6.07, 6.45) is 3.81. The second-order valence-electron chi connectivity index (χ2n) is 6.40. The first-order valence-corrected chi connectivity index (χ1v) is 7.67. The Labute approximate surface area is 122 Å². The molecule has 3 N–H and O–H groups in total. The molecule has 0 aliphatic heterocycles. The van der Waals surface area contributed by atoms with E-state index >= 15 is 0 Å². The zero-order valence-corrected chi connectivity index (χ0v) is 13.1. The molecule has 0 radical (unpaired) electrons. The van der Waals surface area contributed by atoms with E-state index < -0.39 is 0 Å². The molecule has 1 aliphatic rings. The predicted octanol–water partition coefficient (Wildman–Crippen LogP) is 3.58. The normalized spacial score (nSPS) is 28.1. The number of rotatable bonds is 4. The van der Waals surface area contributed by atoms with Crippen LogP contribution >= 0.6 is 0 Å². The number of ether oxygens (including phenoxy) is 1.